The lowest BCUT2D eigenvalue weighted by Gasteiger charge is -2.23. The fraction of sp³-hybridized carbons (Fsp3) is 0.533. The molecule has 0 aliphatic heterocycles. The van der Waals surface area contributed by atoms with Crippen LogP contribution in [0.1, 0.15) is 31.4 Å². The van der Waals surface area contributed by atoms with Crippen LogP contribution in [0.25, 0.3) is 0 Å². The third kappa shape index (κ3) is 3.03. The van der Waals surface area contributed by atoms with Gasteiger partial charge in [0.05, 0.1) is 6.61 Å². The summed E-state index contributed by atoms with van der Waals surface area (Å²) in [6.07, 6.45) is 3.33. The average Bonchev–Trinajstić information content (AvgIpc) is 2.36. The molecule has 0 spiro atoms. The molecule has 1 aliphatic rings. The van der Waals surface area contributed by atoms with E-state index in [-0.39, 0.29) is 12.6 Å². The van der Waals surface area contributed by atoms with E-state index in [2.05, 4.69) is 13.0 Å². The van der Waals surface area contributed by atoms with Crippen LogP contribution in [0.4, 0.5) is 0 Å². The van der Waals surface area contributed by atoms with Crippen molar-refractivity contribution >= 4 is 5.97 Å². The first kappa shape index (κ1) is 12.9. The molecule has 0 fully saturated rings. The Morgan fingerprint density at radius 3 is 3.06 bits per heavy atom. The molecular weight excluding hydrogens is 228 g/mol. The maximum Gasteiger partial charge on any atom is 0.344 e. The Labute approximate surface area is 108 Å². The molecule has 0 heterocycles. The molecular formula is C15H20O3. The van der Waals surface area contributed by atoms with Crippen molar-refractivity contribution in [3.63, 3.8) is 0 Å². The molecule has 0 amide bonds. The van der Waals surface area contributed by atoms with Gasteiger partial charge >= 0.3 is 5.97 Å². The summed E-state index contributed by atoms with van der Waals surface area (Å²) in [5.41, 5.74) is 2.62. The van der Waals surface area contributed by atoms with Crippen LogP contribution in [-0.4, -0.2) is 19.2 Å². The van der Waals surface area contributed by atoms with Gasteiger partial charge in [-0.1, -0.05) is 19.1 Å². The highest BCUT2D eigenvalue weighted by Gasteiger charge is 2.18. The molecule has 18 heavy (non-hydrogen) atoms. The van der Waals surface area contributed by atoms with E-state index >= 15 is 0 Å². The van der Waals surface area contributed by atoms with Crippen LogP contribution in [0.3, 0.4) is 0 Å². The van der Waals surface area contributed by atoms with Gasteiger partial charge in [-0.15, -0.1) is 0 Å². The van der Waals surface area contributed by atoms with Gasteiger partial charge in [-0.3, -0.25) is 0 Å². The number of ether oxygens (including phenoxy) is 2. The largest absolute Gasteiger partial charge is 0.482 e. The van der Waals surface area contributed by atoms with E-state index in [4.69, 9.17) is 9.47 Å². The number of carbonyl (C=O) groups excluding carboxylic acids is 1. The van der Waals surface area contributed by atoms with Gasteiger partial charge < -0.3 is 9.47 Å². The molecule has 0 radical (unpaired) electrons. The van der Waals surface area contributed by atoms with Crippen molar-refractivity contribution in [2.45, 2.75) is 33.1 Å². The Bertz CT molecular complexity index is 426. The van der Waals surface area contributed by atoms with Gasteiger partial charge in [0, 0.05) is 0 Å². The quantitative estimate of drug-likeness (QED) is 0.769. The van der Waals surface area contributed by atoms with Crippen molar-refractivity contribution in [2.24, 2.45) is 5.92 Å². The summed E-state index contributed by atoms with van der Waals surface area (Å²) in [4.78, 5) is 11.3. The Morgan fingerprint density at radius 2 is 2.28 bits per heavy atom. The van der Waals surface area contributed by atoms with E-state index < -0.39 is 0 Å². The summed E-state index contributed by atoms with van der Waals surface area (Å²) in [7, 11) is 0. The first-order valence-corrected chi connectivity index (χ1v) is 6.60. The predicted octanol–water partition coefficient (Wildman–Crippen LogP) is 2.75. The second-order valence-corrected chi connectivity index (χ2v) is 4.84. The lowest BCUT2D eigenvalue weighted by atomic mass is 9.84. The molecule has 0 saturated carbocycles. The fourth-order valence-electron chi connectivity index (χ4n) is 2.43. The van der Waals surface area contributed by atoms with Gasteiger partial charge in [-0.25, -0.2) is 4.79 Å². The SMILES string of the molecule is CCOC(=O)COc1cccc2c1CCC(C)C2. The monoisotopic (exact) mass is 248 g/mol. The van der Waals surface area contributed by atoms with Gasteiger partial charge in [0.2, 0.25) is 0 Å². The highest BCUT2D eigenvalue weighted by Crippen LogP contribution is 2.31. The van der Waals surface area contributed by atoms with Crippen LogP contribution in [0.5, 0.6) is 5.75 Å². The number of carbonyl (C=O) groups is 1. The van der Waals surface area contributed by atoms with E-state index in [9.17, 15) is 4.79 Å². The molecule has 1 aromatic carbocycles. The maximum atomic E-state index is 11.3. The van der Waals surface area contributed by atoms with Gasteiger partial charge in [0.25, 0.3) is 0 Å². The van der Waals surface area contributed by atoms with Crippen LogP contribution in [0, 0.1) is 5.92 Å². The highest BCUT2D eigenvalue weighted by molar-refractivity contribution is 5.71. The Hall–Kier alpha value is -1.51. The molecule has 3 heteroatoms. The Kier molecular flexibility index (Phi) is 4.24. The van der Waals surface area contributed by atoms with Crippen molar-refractivity contribution in [3.8, 4) is 5.75 Å². The van der Waals surface area contributed by atoms with Crippen LogP contribution < -0.4 is 4.74 Å². The van der Waals surface area contributed by atoms with Crippen LogP contribution in [-0.2, 0) is 22.4 Å². The predicted molar refractivity (Wildman–Crippen MR) is 69.8 cm³/mol. The molecule has 98 valence electrons. The van der Waals surface area contributed by atoms with E-state index in [0.717, 1.165) is 24.5 Å². The van der Waals surface area contributed by atoms with E-state index in [0.29, 0.717) is 6.61 Å². The highest BCUT2D eigenvalue weighted by atomic mass is 16.6. The zero-order valence-electron chi connectivity index (χ0n) is 11.1. The second kappa shape index (κ2) is 5.89. The Morgan fingerprint density at radius 1 is 1.44 bits per heavy atom. The molecule has 1 atom stereocenters. The smallest absolute Gasteiger partial charge is 0.344 e. The minimum Gasteiger partial charge on any atom is -0.482 e. The first-order valence-electron chi connectivity index (χ1n) is 6.60. The number of esters is 1. The lowest BCUT2D eigenvalue weighted by Crippen LogP contribution is -2.17. The van der Waals surface area contributed by atoms with Gasteiger partial charge in [-0.05, 0) is 49.3 Å². The summed E-state index contributed by atoms with van der Waals surface area (Å²) in [6, 6.07) is 6.09. The third-order valence-electron chi connectivity index (χ3n) is 3.34. The topological polar surface area (TPSA) is 35.5 Å². The zero-order valence-corrected chi connectivity index (χ0v) is 11.1. The molecule has 0 saturated heterocycles. The number of rotatable bonds is 4. The molecule has 1 aliphatic carbocycles. The third-order valence-corrected chi connectivity index (χ3v) is 3.34. The fourth-order valence-corrected chi connectivity index (χ4v) is 2.43. The maximum absolute atomic E-state index is 11.3. The number of benzene rings is 1. The van der Waals surface area contributed by atoms with E-state index in [1.54, 1.807) is 6.92 Å². The Balaban J connectivity index is 2.05. The van der Waals surface area contributed by atoms with Gasteiger partial charge in [0.15, 0.2) is 6.61 Å². The van der Waals surface area contributed by atoms with Crippen LogP contribution in [0.15, 0.2) is 18.2 Å². The van der Waals surface area contributed by atoms with Crippen LogP contribution in [0.2, 0.25) is 0 Å². The lowest BCUT2D eigenvalue weighted by molar-refractivity contribution is -0.145. The number of hydrogen-bond acceptors (Lipinski definition) is 3. The van der Waals surface area contributed by atoms with Gasteiger partial charge in [-0.2, -0.15) is 0 Å². The second-order valence-electron chi connectivity index (χ2n) is 4.84. The number of hydrogen-bond donors (Lipinski definition) is 0. The average molecular weight is 248 g/mol. The minimum atomic E-state index is -0.306. The van der Waals surface area contributed by atoms with Crippen molar-refractivity contribution in [2.75, 3.05) is 13.2 Å². The van der Waals surface area contributed by atoms with E-state index in [1.807, 2.05) is 12.1 Å². The van der Waals surface area contributed by atoms with Crippen LogP contribution >= 0.6 is 0 Å². The zero-order chi connectivity index (χ0) is 13.0. The number of fused-ring (bicyclic) bond motifs is 1. The molecule has 2 rings (SSSR count). The van der Waals surface area contributed by atoms with Gasteiger partial charge in [0.1, 0.15) is 5.75 Å². The molecule has 0 aromatic heterocycles. The van der Waals surface area contributed by atoms with Crippen molar-refractivity contribution in [3.05, 3.63) is 29.3 Å². The first-order chi connectivity index (χ1) is 8.70. The standard InChI is InChI=1S/C15H20O3/c1-3-17-15(16)10-18-14-6-4-5-12-9-11(2)7-8-13(12)14/h4-6,11H,3,7-10H2,1-2H3. The minimum absolute atomic E-state index is 0.000152. The van der Waals surface area contributed by atoms with Crippen molar-refractivity contribution < 1.29 is 14.3 Å². The normalized spacial score (nSPS) is 18.0. The molecule has 1 unspecified atom stereocenters. The summed E-state index contributed by atoms with van der Waals surface area (Å²) in [5, 5.41) is 0. The summed E-state index contributed by atoms with van der Waals surface area (Å²) in [5.74, 6) is 1.27. The summed E-state index contributed by atoms with van der Waals surface area (Å²) >= 11 is 0. The summed E-state index contributed by atoms with van der Waals surface area (Å²) < 4.78 is 10.4. The van der Waals surface area contributed by atoms with E-state index in [1.165, 1.54) is 17.5 Å². The molecule has 3 nitrogen and oxygen atoms in total. The van der Waals surface area contributed by atoms with Crippen molar-refractivity contribution in [1.82, 2.24) is 0 Å². The summed E-state index contributed by atoms with van der Waals surface area (Å²) in [6.45, 7) is 4.46. The van der Waals surface area contributed by atoms with Crippen molar-refractivity contribution in [1.29, 1.82) is 0 Å². The molecule has 1 aromatic rings. The molecule has 0 N–H and O–H groups in total. The molecule has 0 bridgehead atoms.